The minimum Gasteiger partial charge on any atom is -0.394 e. The Morgan fingerprint density at radius 3 is 2.40 bits per heavy atom. The van der Waals surface area contributed by atoms with Crippen LogP contribution >= 0.6 is 12.4 Å². The molecular weight excluding hydrogens is 222 g/mol. The topological polar surface area (TPSA) is 93.0 Å². The van der Waals surface area contributed by atoms with Crippen molar-refractivity contribution in [2.45, 2.75) is 43.6 Å². The number of rotatable bonds is 3. The van der Waals surface area contributed by atoms with Crippen LogP contribution < -0.4 is 5.32 Å². The lowest BCUT2D eigenvalue weighted by atomic mass is 9.80. The number of hydrogen-bond donors (Lipinski definition) is 5. The lowest BCUT2D eigenvalue weighted by Gasteiger charge is -2.45. The molecular formula is C9H20ClNO4. The van der Waals surface area contributed by atoms with Gasteiger partial charge in [0.2, 0.25) is 0 Å². The van der Waals surface area contributed by atoms with Crippen molar-refractivity contribution in [3.05, 3.63) is 0 Å². The summed E-state index contributed by atoms with van der Waals surface area (Å²) in [6, 6.07) is 0. The Kier molecular flexibility index (Phi) is 6.02. The van der Waals surface area contributed by atoms with Gasteiger partial charge in [-0.05, 0) is 6.42 Å². The second-order valence-electron chi connectivity index (χ2n) is 3.95. The SMILES string of the molecule is CCC[C@@]1(CO)NC[C@H](O)[C@@H](O)[C@@H]1O.Cl. The monoisotopic (exact) mass is 241 g/mol. The van der Waals surface area contributed by atoms with Crippen LogP contribution in [0, 0.1) is 0 Å². The van der Waals surface area contributed by atoms with E-state index in [0.717, 1.165) is 6.42 Å². The zero-order valence-electron chi connectivity index (χ0n) is 8.76. The molecule has 1 rings (SSSR count). The van der Waals surface area contributed by atoms with E-state index in [9.17, 15) is 20.4 Å². The van der Waals surface area contributed by atoms with Crippen LogP contribution in [0.1, 0.15) is 19.8 Å². The van der Waals surface area contributed by atoms with Gasteiger partial charge in [0.1, 0.15) is 12.2 Å². The quantitative estimate of drug-likeness (QED) is 0.420. The van der Waals surface area contributed by atoms with Crippen LogP contribution in [0.5, 0.6) is 0 Å². The van der Waals surface area contributed by atoms with Crippen molar-refractivity contribution in [3.8, 4) is 0 Å². The molecule has 0 radical (unpaired) electrons. The lowest BCUT2D eigenvalue weighted by molar-refractivity contribution is -0.135. The highest BCUT2D eigenvalue weighted by Gasteiger charge is 2.46. The van der Waals surface area contributed by atoms with Gasteiger partial charge in [0, 0.05) is 6.54 Å². The van der Waals surface area contributed by atoms with Crippen LogP contribution in [0.15, 0.2) is 0 Å². The van der Waals surface area contributed by atoms with E-state index >= 15 is 0 Å². The Bertz CT molecular complexity index is 195. The average Bonchev–Trinajstić information content (AvgIpc) is 2.20. The second-order valence-corrected chi connectivity index (χ2v) is 3.95. The molecule has 1 saturated heterocycles. The third-order valence-corrected chi connectivity index (χ3v) is 2.93. The van der Waals surface area contributed by atoms with Gasteiger partial charge < -0.3 is 25.7 Å². The Balaban J connectivity index is 0.00000196. The highest BCUT2D eigenvalue weighted by atomic mass is 35.5. The van der Waals surface area contributed by atoms with Gasteiger partial charge in [-0.3, -0.25) is 0 Å². The number of aliphatic hydroxyl groups is 4. The number of halogens is 1. The van der Waals surface area contributed by atoms with Crippen LogP contribution in [-0.4, -0.2) is 57.4 Å². The van der Waals surface area contributed by atoms with Crippen LogP contribution in [-0.2, 0) is 0 Å². The Morgan fingerprint density at radius 2 is 1.93 bits per heavy atom. The van der Waals surface area contributed by atoms with Crippen LogP contribution in [0.4, 0.5) is 0 Å². The minimum absolute atomic E-state index is 0. The van der Waals surface area contributed by atoms with Gasteiger partial charge in [-0.25, -0.2) is 0 Å². The number of hydrogen-bond acceptors (Lipinski definition) is 5. The summed E-state index contributed by atoms with van der Waals surface area (Å²) in [5.41, 5.74) is -0.868. The predicted octanol–water partition coefficient (Wildman–Crippen LogP) is -1.37. The summed E-state index contributed by atoms with van der Waals surface area (Å²) in [6.45, 7) is 1.88. The molecule has 0 unspecified atom stereocenters. The van der Waals surface area contributed by atoms with E-state index in [0.29, 0.717) is 6.42 Å². The number of aliphatic hydroxyl groups excluding tert-OH is 4. The zero-order valence-corrected chi connectivity index (χ0v) is 9.57. The first-order chi connectivity index (χ1) is 6.57. The van der Waals surface area contributed by atoms with E-state index in [2.05, 4.69) is 5.32 Å². The summed E-state index contributed by atoms with van der Waals surface area (Å²) < 4.78 is 0. The fourth-order valence-corrected chi connectivity index (χ4v) is 1.98. The molecule has 0 amide bonds. The summed E-state index contributed by atoms with van der Waals surface area (Å²) in [4.78, 5) is 0. The van der Waals surface area contributed by atoms with Crippen molar-refractivity contribution < 1.29 is 20.4 Å². The largest absolute Gasteiger partial charge is 0.394 e. The lowest BCUT2D eigenvalue weighted by Crippen LogP contribution is -2.69. The molecule has 0 aromatic carbocycles. The van der Waals surface area contributed by atoms with Gasteiger partial charge in [-0.1, -0.05) is 13.3 Å². The van der Waals surface area contributed by atoms with Crippen LogP contribution in [0.25, 0.3) is 0 Å². The number of nitrogens with one attached hydrogen (secondary N) is 1. The molecule has 15 heavy (non-hydrogen) atoms. The van der Waals surface area contributed by atoms with Gasteiger partial charge >= 0.3 is 0 Å². The molecule has 0 aromatic heterocycles. The van der Waals surface area contributed by atoms with E-state index in [1.54, 1.807) is 0 Å². The summed E-state index contributed by atoms with van der Waals surface area (Å²) in [5, 5.41) is 40.7. The molecule has 5 nitrogen and oxygen atoms in total. The standard InChI is InChI=1S/C9H19NO4.ClH/c1-2-3-9(5-11)8(14)7(13)6(12)4-10-9;/h6-8,10-14H,2-5H2,1H3;1H/t6-,7+,8-,9-;/m0./s1. The van der Waals surface area contributed by atoms with Crippen molar-refractivity contribution in [2.24, 2.45) is 0 Å². The zero-order chi connectivity index (χ0) is 10.8. The molecule has 6 heteroatoms. The molecule has 1 aliphatic rings. The van der Waals surface area contributed by atoms with Crippen LogP contribution in [0.2, 0.25) is 0 Å². The molecule has 1 fully saturated rings. The summed E-state index contributed by atoms with van der Waals surface area (Å²) in [6.07, 6.45) is -1.94. The summed E-state index contributed by atoms with van der Waals surface area (Å²) in [7, 11) is 0. The number of β-amino-alcohol motifs (C(OH)–C–C–N with tert-alkyl or cyclic N) is 1. The molecule has 0 saturated carbocycles. The Morgan fingerprint density at radius 1 is 1.33 bits per heavy atom. The Labute approximate surface area is 95.5 Å². The summed E-state index contributed by atoms with van der Waals surface area (Å²) in [5.74, 6) is 0. The van der Waals surface area contributed by atoms with Crippen LogP contribution in [0.3, 0.4) is 0 Å². The van der Waals surface area contributed by atoms with Crippen molar-refractivity contribution in [3.63, 3.8) is 0 Å². The first kappa shape index (κ1) is 15.1. The van der Waals surface area contributed by atoms with Gasteiger partial charge in [0.05, 0.1) is 18.2 Å². The van der Waals surface area contributed by atoms with Gasteiger partial charge in [0.15, 0.2) is 0 Å². The van der Waals surface area contributed by atoms with Crippen molar-refractivity contribution in [1.29, 1.82) is 0 Å². The normalized spacial score (nSPS) is 41.0. The Hall–Kier alpha value is 0.0900. The number of piperidine rings is 1. The molecule has 1 aliphatic heterocycles. The highest BCUT2D eigenvalue weighted by Crippen LogP contribution is 2.25. The molecule has 0 aromatic rings. The van der Waals surface area contributed by atoms with E-state index in [-0.39, 0.29) is 25.6 Å². The highest BCUT2D eigenvalue weighted by molar-refractivity contribution is 5.85. The predicted molar refractivity (Wildman–Crippen MR) is 58.0 cm³/mol. The van der Waals surface area contributed by atoms with Crippen molar-refractivity contribution in [2.75, 3.05) is 13.2 Å². The van der Waals surface area contributed by atoms with Gasteiger partial charge in [-0.2, -0.15) is 0 Å². The fourth-order valence-electron chi connectivity index (χ4n) is 1.98. The molecule has 92 valence electrons. The molecule has 4 atom stereocenters. The average molecular weight is 242 g/mol. The van der Waals surface area contributed by atoms with Crippen molar-refractivity contribution in [1.82, 2.24) is 5.32 Å². The van der Waals surface area contributed by atoms with E-state index in [1.807, 2.05) is 6.92 Å². The third kappa shape index (κ3) is 2.81. The summed E-state index contributed by atoms with van der Waals surface area (Å²) >= 11 is 0. The maximum absolute atomic E-state index is 9.76. The smallest absolute Gasteiger partial charge is 0.109 e. The van der Waals surface area contributed by atoms with E-state index in [1.165, 1.54) is 0 Å². The fraction of sp³-hybridized carbons (Fsp3) is 1.00. The molecule has 0 bridgehead atoms. The van der Waals surface area contributed by atoms with Gasteiger partial charge in [0.25, 0.3) is 0 Å². The minimum atomic E-state index is -1.19. The molecule has 0 spiro atoms. The third-order valence-electron chi connectivity index (χ3n) is 2.93. The van der Waals surface area contributed by atoms with Gasteiger partial charge in [-0.15, -0.1) is 12.4 Å². The first-order valence-electron chi connectivity index (χ1n) is 4.97. The van der Waals surface area contributed by atoms with E-state index in [4.69, 9.17) is 0 Å². The molecule has 0 aliphatic carbocycles. The first-order valence-corrected chi connectivity index (χ1v) is 4.97. The molecule has 5 N–H and O–H groups in total. The maximum atomic E-state index is 9.76. The second kappa shape index (κ2) is 5.98. The maximum Gasteiger partial charge on any atom is 0.109 e. The van der Waals surface area contributed by atoms with E-state index < -0.39 is 23.9 Å². The molecule has 1 heterocycles. The van der Waals surface area contributed by atoms with Crippen molar-refractivity contribution >= 4 is 12.4 Å².